The summed E-state index contributed by atoms with van der Waals surface area (Å²) in [6.45, 7) is 2.29. The standard InChI is InChI=1S/C24H27ClN2O2/c1-3-16-10-12-24(13-11-16)27-22(20-14-18(25)6-9-23(20)29-24)15-21(26-27)17-4-7-19(28-2)8-5-17/h4-9,14,16,22H,3,10-13,15H2,1-2H3/t16?,22-,24?/m1/s1. The van der Waals surface area contributed by atoms with Crippen LogP contribution < -0.4 is 9.47 Å². The third-order valence-corrected chi connectivity index (χ3v) is 7.08. The van der Waals surface area contributed by atoms with Gasteiger partial charge in [0.05, 0.1) is 18.9 Å². The molecule has 0 radical (unpaired) electrons. The highest BCUT2D eigenvalue weighted by Gasteiger charge is 2.51. The summed E-state index contributed by atoms with van der Waals surface area (Å²) < 4.78 is 12.0. The fraction of sp³-hybridized carbons (Fsp3) is 0.458. The first-order valence-corrected chi connectivity index (χ1v) is 11.0. The lowest BCUT2D eigenvalue weighted by Gasteiger charge is -2.50. The summed E-state index contributed by atoms with van der Waals surface area (Å²) in [5, 5.41) is 8.14. The van der Waals surface area contributed by atoms with E-state index in [-0.39, 0.29) is 11.8 Å². The Morgan fingerprint density at radius 1 is 1.17 bits per heavy atom. The number of hydrogen-bond donors (Lipinski definition) is 0. The molecule has 2 heterocycles. The molecule has 3 aliphatic rings. The van der Waals surface area contributed by atoms with Crippen LogP contribution in [0.5, 0.6) is 11.5 Å². The molecule has 152 valence electrons. The zero-order chi connectivity index (χ0) is 20.0. The lowest BCUT2D eigenvalue weighted by atomic mass is 9.80. The van der Waals surface area contributed by atoms with Crippen molar-refractivity contribution in [2.75, 3.05) is 7.11 Å². The van der Waals surface area contributed by atoms with Gasteiger partial charge < -0.3 is 9.47 Å². The number of halogens is 1. The Kier molecular flexibility index (Phi) is 4.70. The highest BCUT2D eigenvalue weighted by atomic mass is 35.5. The molecule has 2 aromatic carbocycles. The molecule has 29 heavy (non-hydrogen) atoms. The van der Waals surface area contributed by atoms with Crippen molar-refractivity contribution in [3.05, 3.63) is 58.6 Å². The van der Waals surface area contributed by atoms with Crippen molar-refractivity contribution in [1.29, 1.82) is 0 Å². The van der Waals surface area contributed by atoms with E-state index < -0.39 is 0 Å². The van der Waals surface area contributed by atoms with E-state index in [9.17, 15) is 0 Å². The average molecular weight is 411 g/mol. The van der Waals surface area contributed by atoms with E-state index in [1.165, 1.54) is 19.3 Å². The van der Waals surface area contributed by atoms with Gasteiger partial charge in [-0.3, -0.25) is 0 Å². The molecule has 1 saturated carbocycles. The highest BCUT2D eigenvalue weighted by Crippen LogP contribution is 2.52. The lowest BCUT2D eigenvalue weighted by molar-refractivity contribution is -0.146. The highest BCUT2D eigenvalue weighted by molar-refractivity contribution is 6.30. The Balaban J connectivity index is 1.54. The molecule has 0 aromatic heterocycles. The van der Waals surface area contributed by atoms with Crippen molar-refractivity contribution in [3.63, 3.8) is 0 Å². The minimum absolute atomic E-state index is 0.174. The predicted octanol–water partition coefficient (Wildman–Crippen LogP) is 6.19. The third-order valence-electron chi connectivity index (χ3n) is 6.85. The largest absolute Gasteiger partial charge is 0.497 e. The molecular weight excluding hydrogens is 384 g/mol. The monoisotopic (exact) mass is 410 g/mol. The molecule has 1 fully saturated rings. The fourth-order valence-corrected chi connectivity index (χ4v) is 5.26. The van der Waals surface area contributed by atoms with Gasteiger partial charge in [-0.25, -0.2) is 5.01 Å². The summed E-state index contributed by atoms with van der Waals surface area (Å²) in [6, 6.07) is 14.4. The first-order valence-electron chi connectivity index (χ1n) is 10.6. The van der Waals surface area contributed by atoms with E-state index in [2.05, 4.69) is 24.1 Å². The quantitative estimate of drug-likeness (QED) is 0.605. The Morgan fingerprint density at radius 3 is 2.62 bits per heavy atom. The van der Waals surface area contributed by atoms with Gasteiger partial charge in [-0.1, -0.05) is 24.9 Å². The smallest absolute Gasteiger partial charge is 0.198 e. The Hall–Kier alpha value is -2.20. The summed E-state index contributed by atoms with van der Waals surface area (Å²) >= 11 is 6.34. The van der Waals surface area contributed by atoms with Crippen molar-refractivity contribution < 1.29 is 9.47 Å². The molecule has 5 heteroatoms. The summed E-state index contributed by atoms with van der Waals surface area (Å²) in [4.78, 5) is 0. The molecule has 4 nitrogen and oxygen atoms in total. The molecule has 0 amide bonds. The molecule has 5 rings (SSSR count). The molecule has 2 aromatic rings. The van der Waals surface area contributed by atoms with Crippen LogP contribution in [0.2, 0.25) is 5.02 Å². The van der Waals surface area contributed by atoms with Crippen LogP contribution in [0.25, 0.3) is 0 Å². The predicted molar refractivity (Wildman–Crippen MR) is 116 cm³/mol. The van der Waals surface area contributed by atoms with Gasteiger partial charge >= 0.3 is 0 Å². The van der Waals surface area contributed by atoms with E-state index in [0.717, 1.165) is 58.5 Å². The van der Waals surface area contributed by atoms with E-state index in [1.807, 2.05) is 30.3 Å². The van der Waals surface area contributed by atoms with Crippen LogP contribution in [0, 0.1) is 5.92 Å². The maximum atomic E-state index is 6.68. The lowest BCUT2D eigenvalue weighted by Crippen LogP contribution is -2.55. The van der Waals surface area contributed by atoms with Crippen LogP contribution in [0.15, 0.2) is 47.6 Å². The van der Waals surface area contributed by atoms with E-state index in [0.29, 0.717) is 0 Å². The molecule has 1 aliphatic carbocycles. The minimum Gasteiger partial charge on any atom is -0.497 e. The summed E-state index contributed by atoms with van der Waals surface area (Å²) in [5.41, 5.74) is 3.05. The molecule has 2 aliphatic heterocycles. The van der Waals surface area contributed by atoms with Crippen LogP contribution in [0.4, 0.5) is 0 Å². The zero-order valence-corrected chi connectivity index (χ0v) is 17.8. The van der Waals surface area contributed by atoms with Crippen molar-refractivity contribution in [3.8, 4) is 11.5 Å². The SMILES string of the molecule is CCC1CCC2(CC1)Oc1ccc(Cl)cc1[C@H]1CC(c3ccc(OC)cc3)=NN12. The first-order chi connectivity index (χ1) is 14.1. The van der Waals surface area contributed by atoms with Crippen LogP contribution in [0.1, 0.15) is 62.6 Å². The number of rotatable bonds is 3. The number of fused-ring (bicyclic) bond motifs is 4. The number of hydrogen-bond acceptors (Lipinski definition) is 4. The van der Waals surface area contributed by atoms with Gasteiger partial charge in [0, 0.05) is 29.8 Å². The maximum absolute atomic E-state index is 6.68. The number of hydrazone groups is 1. The van der Waals surface area contributed by atoms with Crippen molar-refractivity contribution in [2.45, 2.75) is 57.2 Å². The molecule has 0 bridgehead atoms. The van der Waals surface area contributed by atoms with E-state index in [1.54, 1.807) is 7.11 Å². The number of methoxy groups -OCH3 is 1. The second-order valence-corrected chi connectivity index (χ2v) is 8.86. The summed E-state index contributed by atoms with van der Waals surface area (Å²) in [5.74, 6) is 2.62. The summed E-state index contributed by atoms with van der Waals surface area (Å²) in [7, 11) is 1.69. The molecule has 0 saturated heterocycles. The van der Waals surface area contributed by atoms with Gasteiger partial charge in [0.25, 0.3) is 0 Å². The van der Waals surface area contributed by atoms with Crippen LogP contribution in [-0.4, -0.2) is 23.6 Å². The maximum Gasteiger partial charge on any atom is 0.198 e. The van der Waals surface area contributed by atoms with Gasteiger partial charge in [0.2, 0.25) is 0 Å². The number of benzene rings is 2. The van der Waals surface area contributed by atoms with Crippen molar-refractivity contribution in [2.24, 2.45) is 11.0 Å². The van der Waals surface area contributed by atoms with Gasteiger partial charge in [0.15, 0.2) is 5.72 Å². The second-order valence-electron chi connectivity index (χ2n) is 8.42. The zero-order valence-electron chi connectivity index (χ0n) is 17.0. The van der Waals surface area contributed by atoms with Gasteiger partial charge in [-0.2, -0.15) is 5.10 Å². The average Bonchev–Trinajstić information content (AvgIpc) is 3.22. The molecular formula is C24H27ClN2O2. The molecule has 0 unspecified atom stereocenters. The van der Waals surface area contributed by atoms with Crippen molar-refractivity contribution in [1.82, 2.24) is 5.01 Å². The minimum atomic E-state index is -0.342. The summed E-state index contributed by atoms with van der Waals surface area (Å²) in [6.07, 6.45) is 6.52. The van der Waals surface area contributed by atoms with Gasteiger partial charge in [0.1, 0.15) is 11.5 Å². The van der Waals surface area contributed by atoms with Crippen molar-refractivity contribution >= 4 is 17.3 Å². The number of ether oxygens (including phenoxy) is 2. The second kappa shape index (κ2) is 7.24. The Morgan fingerprint density at radius 2 is 1.93 bits per heavy atom. The van der Waals surface area contributed by atoms with E-state index in [4.69, 9.17) is 26.2 Å². The van der Waals surface area contributed by atoms with Crippen LogP contribution in [-0.2, 0) is 0 Å². The molecule has 1 spiro atoms. The third kappa shape index (κ3) is 3.18. The van der Waals surface area contributed by atoms with Gasteiger partial charge in [-0.15, -0.1) is 0 Å². The first kappa shape index (κ1) is 18.8. The molecule has 1 atom stereocenters. The normalized spacial score (nSPS) is 27.8. The van der Waals surface area contributed by atoms with Crippen LogP contribution in [0.3, 0.4) is 0 Å². The van der Waals surface area contributed by atoms with Crippen LogP contribution >= 0.6 is 11.6 Å². The fourth-order valence-electron chi connectivity index (χ4n) is 5.08. The molecule has 0 N–H and O–H groups in total. The number of nitrogens with zero attached hydrogens (tertiary/aromatic N) is 2. The Labute approximate surface area is 177 Å². The van der Waals surface area contributed by atoms with Gasteiger partial charge in [-0.05, 0) is 66.8 Å². The Bertz CT molecular complexity index is 932. The van der Waals surface area contributed by atoms with E-state index >= 15 is 0 Å². The topological polar surface area (TPSA) is 34.1 Å².